The van der Waals surface area contributed by atoms with Gasteiger partial charge in [0.05, 0.1) is 0 Å². The molecule has 0 heterocycles. The Labute approximate surface area is 184 Å². The van der Waals surface area contributed by atoms with E-state index in [9.17, 15) is 4.79 Å². The number of carbonyl (C=O) groups excluding carboxylic acids is 1. The standard InChI is InChI=1S/C20H45N5O.C2H4O2/c1-2-3-4-5-6-7-8-9-10-11-20(26)25-19-18-24-17-16-23-15-14-22-13-12-21;1-2(3)4/h22-24H,2-19,21H2,1H3,(H,25,26);1H3,(H,3,4). The molecule has 0 aliphatic rings. The summed E-state index contributed by atoms with van der Waals surface area (Å²) < 4.78 is 0. The SMILES string of the molecule is CC(=O)O.CCCCCCCCCCCC(=O)NCCNCCNCCNCCN. The number of rotatable bonds is 21. The van der Waals surface area contributed by atoms with E-state index in [-0.39, 0.29) is 5.91 Å². The number of hydrogen-bond acceptors (Lipinski definition) is 6. The van der Waals surface area contributed by atoms with E-state index in [1.54, 1.807) is 0 Å². The maximum atomic E-state index is 11.7. The topological polar surface area (TPSA) is 129 Å². The fraction of sp³-hybridized carbons (Fsp3) is 0.909. The summed E-state index contributed by atoms with van der Waals surface area (Å²) in [7, 11) is 0. The van der Waals surface area contributed by atoms with Crippen LogP contribution in [0.2, 0.25) is 0 Å². The Morgan fingerprint density at radius 1 is 0.700 bits per heavy atom. The molecule has 1 amide bonds. The van der Waals surface area contributed by atoms with Crippen LogP contribution in [0.5, 0.6) is 0 Å². The zero-order chi connectivity index (χ0) is 22.7. The summed E-state index contributed by atoms with van der Waals surface area (Å²) in [6.45, 7) is 10.2. The van der Waals surface area contributed by atoms with E-state index in [1.165, 1.54) is 51.4 Å². The molecule has 8 nitrogen and oxygen atoms in total. The number of nitrogens with one attached hydrogen (secondary N) is 4. The molecule has 0 aromatic rings. The van der Waals surface area contributed by atoms with E-state index in [1.807, 2.05) is 0 Å². The quantitative estimate of drug-likeness (QED) is 0.153. The maximum absolute atomic E-state index is 11.7. The molecule has 0 fully saturated rings. The van der Waals surface area contributed by atoms with Crippen molar-refractivity contribution in [2.24, 2.45) is 5.73 Å². The third-order valence-electron chi connectivity index (χ3n) is 4.41. The molecule has 0 spiro atoms. The molecule has 0 aliphatic heterocycles. The summed E-state index contributed by atoms with van der Waals surface area (Å²) in [5.74, 6) is -0.640. The van der Waals surface area contributed by atoms with Crippen LogP contribution in [0.4, 0.5) is 0 Å². The smallest absolute Gasteiger partial charge is 0.300 e. The Morgan fingerprint density at radius 2 is 1.10 bits per heavy atom. The van der Waals surface area contributed by atoms with Gasteiger partial charge in [0, 0.05) is 65.7 Å². The van der Waals surface area contributed by atoms with Crippen molar-refractivity contribution in [1.29, 1.82) is 0 Å². The van der Waals surface area contributed by atoms with Gasteiger partial charge in [-0.2, -0.15) is 0 Å². The number of hydrogen-bond donors (Lipinski definition) is 6. The van der Waals surface area contributed by atoms with Crippen LogP contribution in [-0.2, 0) is 9.59 Å². The van der Waals surface area contributed by atoms with E-state index >= 15 is 0 Å². The van der Waals surface area contributed by atoms with Crippen LogP contribution in [0, 0.1) is 0 Å². The first-order valence-corrected chi connectivity index (χ1v) is 11.8. The van der Waals surface area contributed by atoms with Crippen molar-refractivity contribution in [3.8, 4) is 0 Å². The van der Waals surface area contributed by atoms with Crippen LogP contribution in [0.15, 0.2) is 0 Å². The first kappa shape index (κ1) is 31.0. The van der Waals surface area contributed by atoms with Crippen LogP contribution in [0.25, 0.3) is 0 Å². The predicted octanol–water partition coefficient (Wildman–Crippen LogP) is 1.84. The first-order valence-electron chi connectivity index (χ1n) is 11.8. The van der Waals surface area contributed by atoms with Gasteiger partial charge in [0.1, 0.15) is 0 Å². The summed E-state index contributed by atoms with van der Waals surface area (Å²) in [4.78, 5) is 20.7. The molecule has 0 saturated heterocycles. The number of carboxylic acid groups (broad SMARTS) is 1. The molecule has 8 heteroatoms. The predicted molar refractivity (Wildman–Crippen MR) is 126 cm³/mol. The second-order valence-corrected chi connectivity index (χ2v) is 7.49. The normalized spacial score (nSPS) is 10.4. The molecule has 0 atom stereocenters. The van der Waals surface area contributed by atoms with Crippen LogP contribution in [-0.4, -0.2) is 69.3 Å². The number of nitrogens with two attached hydrogens (primary N) is 1. The Morgan fingerprint density at radius 3 is 1.57 bits per heavy atom. The minimum absolute atomic E-state index is 0.193. The lowest BCUT2D eigenvalue weighted by molar-refractivity contribution is -0.134. The van der Waals surface area contributed by atoms with Crippen molar-refractivity contribution < 1.29 is 14.7 Å². The third-order valence-corrected chi connectivity index (χ3v) is 4.41. The molecule has 0 saturated carbocycles. The number of carbonyl (C=O) groups is 2. The average Bonchev–Trinajstić information content (AvgIpc) is 2.70. The van der Waals surface area contributed by atoms with Gasteiger partial charge in [0.2, 0.25) is 5.91 Å². The Balaban J connectivity index is 0. The van der Waals surface area contributed by atoms with Gasteiger partial charge in [-0.1, -0.05) is 58.3 Å². The fourth-order valence-electron chi connectivity index (χ4n) is 2.81. The molecule has 0 aliphatic carbocycles. The molecular weight excluding hydrogens is 382 g/mol. The molecule has 7 N–H and O–H groups in total. The van der Waals surface area contributed by atoms with Gasteiger partial charge < -0.3 is 32.1 Å². The van der Waals surface area contributed by atoms with Crippen LogP contribution in [0.1, 0.15) is 78.1 Å². The number of aliphatic carboxylic acids is 1. The lowest BCUT2D eigenvalue weighted by atomic mass is 10.1. The summed E-state index contributed by atoms with van der Waals surface area (Å²) in [5, 5.41) is 20.3. The molecule has 0 radical (unpaired) electrons. The van der Waals surface area contributed by atoms with E-state index < -0.39 is 5.97 Å². The van der Waals surface area contributed by atoms with Gasteiger partial charge in [0.25, 0.3) is 5.97 Å². The first-order chi connectivity index (χ1) is 14.5. The van der Waals surface area contributed by atoms with Gasteiger partial charge in [0.15, 0.2) is 0 Å². The zero-order valence-corrected chi connectivity index (χ0v) is 19.6. The molecule has 0 bridgehead atoms. The van der Waals surface area contributed by atoms with Gasteiger partial charge in [-0.05, 0) is 6.42 Å². The van der Waals surface area contributed by atoms with Crippen LogP contribution < -0.4 is 27.0 Å². The van der Waals surface area contributed by atoms with E-state index in [4.69, 9.17) is 15.6 Å². The largest absolute Gasteiger partial charge is 0.481 e. The lowest BCUT2D eigenvalue weighted by Crippen LogP contribution is -2.36. The minimum atomic E-state index is -0.833. The van der Waals surface area contributed by atoms with Crippen molar-refractivity contribution in [3.05, 3.63) is 0 Å². The highest BCUT2D eigenvalue weighted by molar-refractivity contribution is 5.75. The second-order valence-electron chi connectivity index (χ2n) is 7.49. The van der Waals surface area contributed by atoms with Crippen molar-refractivity contribution in [2.75, 3.05) is 52.4 Å². The highest BCUT2D eigenvalue weighted by atomic mass is 16.4. The van der Waals surface area contributed by atoms with Crippen molar-refractivity contribution in [1.82, 2.24) is 21.3 Å². The van der Waals surface area contributed by atoms with E-state index in [0.717, 1.165) is 52.6 Å². The molecule has 180 valence electrons. The lowest BCUT2D eigenvalue weighted by Gasteiger charge is -2.08. The summed E-state index contributed by atoms with van der Waals surface area (Å²) in [6, 6.07) is 0. The number of carboxylic acids is 1. The third kappa shape index (κ3) is 34.3. The molecular formula is C22H49N5O3. The highest BCUT2D eigenvalue weighted by Gasteiger charge is 2.00. The highest BCUT2D eigenvalue weighted by Crippen LogP contribution is 2.10. The van der Waals surface area contributed by atoms with Gasteiger partial charge in [-0.3, -0.25) is 9.59 Å². The van der Waals surface area contributed by atoms with Crippen molar-refractivity contribution in [2.45, 2.75) is 78.1 Å². The fourth-order valence-corrected chi connectivity index (χ4v) is 2.81. The second kappa shape index (κ2) is 27.8. The van der Waals surface area contributed by atoms with E-state index in [0.29, 0.717) is 19.5 Å². The number of amides is 1. The molecule has 0 aromatic carbocycles. The zero-order valence-electron chi connectivity index (χ0n) is 19.6. The Kier molecular flexibility index (Phi) is 28.7. The maximum Gasteiger partial charge on any atom is 0.300 e. The minimum Gasteiger partial charge on any atom is -0.481 e. The summed E-state index contributed by atoms with van der Waals surface area (Å²) in [6.07, 6.45) is 12.3. The van der Waals surface area contributed by atoms with Crippen molar-refractivity contribution in [3.63, 3.8) is 0 Å². The van der Waals surface area contributed by atoms with E-state index in [2.05, 4.69) is 28.2 Å². The summed E-state index contributed by atoms with van der Waals surface area (Å²) in [5.41, 5.74) is 5.40. The molecule has 30 heavy (non-hydrogen) atoms. The van der Waals surface area contributed by atoms with Gasteiger partial charge in [-0.25, -0.2) is 0 Å². The van der Waals surface area contributed by atoms with Gasteiger partial charge >= 0.3 is 0 Å². The monoisotopic (exact) mass is 431 g/mol. The van der Waals surface area contributed by atoms with Gasteiger partial charge in [-0.15, -0.1) is 0 Å². The molecule has 0 rings (SSSR count). The summed E-state index contributed by atoms with van der Waals surface area (Å²) >= 11 is 0. The van der Waals surface area contributed by atoms with Crippen molar-refractivity contribution >= 4 is 11.9 Å². The Bertz CT molecular complexity index is 367. The van der Waals surface area contributed by atoms with Crippen LogP contribution in [0.3, 0.4) is 0 Å². The average molecular weight is 432 g/mol. The van der Waals surface area contributed by atoms with Crippen LogP contribution >= 0.6 is 0 Å². The molecule has 0 unspecified atom stereocenters. The number of unbranched alkanes of at least 4 members (excludes halogenated alkanes) is 8. The molecule has 0 aromatic heterocycles. The Hall–Kier alpha value is -1.22.